The molecule has 1 atom stereocenters. The number of sulfonamides is 1. The van der Waals surface area contributed by atoms with Crippen molar-refractivity contribution < 1.29 is 26.7 Å². The zero-order valence-electron chi connectivity index (χ0n) is 12.5. The molecular weight excluding hydrogens is 330 g/mol. The van der Waals surface area contributed by atoms with Gasteiger partial charge >= 0.3 is 5.97 Å². The Morgan fingerprint density at radius 3 is 2.00 bits per heavy atom. The number of sulfone groups is 1. The van der Waals surface area contributed by atoms with Gasteiger partial charge in [-0.3, -0.25) is 4.79 Å². The molecule has 0 saturated heterocycles. The lowest BCUT2D eigenvalue weighted by Crippen LogP contribution is -2.44. The molecular formula is C13H19NO6S2. The van der Waals surface area contributed by atoms with Crippen molar-refractivity contribution >= 4 is 25.8 Å². The largest absolute Gasteiger partial charge is 0.480 e. The van der Waals surface area contributed by atoms with Gasteiger partial charge in [0.1, 0.15) is 6.04 Å². The van der Waals surface area contributed by atoms with Crippen LogP contribution in [-0.4, -0.2) is 40.2 Å². The van der Waals surface area contributed by atoms with Gasteiger partial charge in [-0.1, -0.05) is 26.0 Å². The molecule has 22 heavy (non-hydrogen) atoms. The first-order chi connectivity index (χ1) is 9.92. The first-order valence-electron chi connectivity index (χ1n) is 6.44. The van der Waals surface area contributed by atoms with Crippen molar-refractivity contribution in [3.05, 3.63) is 29.8 Å². The van der Waals surface area contributed by atoms with Crippen molar-refractivity contribution in [1.82, 2.24) is 4.72 Å². The Balaban J connectivity index is 3.01. The van der Waals surface area contributed by atoms with Gasteiger partial charge in [0, 0.05) is 6.26 Å². The molecule has 0 aliphatic rings. The number of benzene rings is 1. The van der Waals surface area contributed by atoms with Crippen LogP contribution in [0, 0.1) is 5.92 Å². The molecule has 0 radical (unpaired) electrons. The summed E-state index contributed by atoms with van der Waals surface area (Å²) >= 11 is 0. The molecule has 1 aromatic rings. The molecule has 0 aliphatic heterocycles. The van der Waals surface area contributed by atoms with E-state index in [1.807, 2.05) is 0 Å². The van der Waals surface area contributed by atoms with Crippen LogP contribution in [0.5, 0.6) is 0 Å². The molecule has 124 valence electrons. The Kier molecular flexibility index (Phi) is 5.71. The van der Waals surface area contributed by atoms with Gasteiger partial charge in [0.05, 0.1) is 10.6 Å². The predicted octanol–water partition coefficient (Wildman–Crippen LogP) is 0.619. The second kappa shape index (κ2) is 6.76. The highest BCUT2D eigenvalue weighted by atomic mass is 32.2. The van der Waals surface area contributed by atoms with E-state index in [2.05, 4.69) is 4.72 Å². The number of hydrogen-bond donors (Lipinski definition) is 2. The minimum absolute atomic E-state index is 0.114. The highest BCUT2D eigenvalue weighted by Gasteiger charge is 2.27. The van der Waals surface area contributed by atoms with Crippen LogP contribution in [-0.2, 0) is 30.4 Å². The average Bonchev–Trinajstić information content (AvgIpc) is 2.34. The van der Waals surface area contributed by atoms with E-state index in [1.165, 1.54) is 24.3 Å². The summed E-state index contributed by atoms with van der Waals surface area (Å²) in [6.07, 6.45) is 1.08. The molecule has 9 heteroatoms. The Bertz CT molecular complexity index is 735. The third-order valence-corrected chi connectivity index (χ3v) is 5.19. The molecule has 0 saturated carbocycles. The van der Waals surface area contributed by atoms with Crippen LogP contribution in [0.1, 0.15) is 19.4 Å². The number of carboxylic acids is 1. The predicted molar refractivity (Wildman–Crippen MR) is 81.6 cm³/mol. The second-order valence-electron chi connectivity index (χ2n) is 5.40. The summed E-state index contributed by atoms with van der Waals surface area (Å²) in [6.45, 7) is 3.19. The summed E-state index contributed by atoms with van der Waals surface area (Å²) in [5.41, 5.74) is 0.458. The molecule has 1 aromatic carbocycles. The van der Waals surface area contributed by atoms with E-state index >= 15 is 0 Å². The van der Waals surface area contributed by atoms with Crippen LogP contribution >= 0.6 is 0 Å². The highest BCUT2D eigenvalue weighted by Crippen LogP contribution is 2.14. The fraction of sp³-hybridized carbons (Fsp3) is 0.462. The molecule has 0 aromatic heterocycles. The minimum atomic E-state index is -3.99. The molecule has 7 nitrogen and oxygen atoms in total. The van der Waals surface area contributed by atoms with Crippen LogP contribution in [0.3, 0.4) is 0 Å². The first kappa shape index (κ1) is 18.6. The Hall–Kier alpha value is -1.45. The summed E-state index contributed by atoms with van der Waals surface area (Å²) in [5.74, 6) is -1.87. The summed E-state index contributed by atoms with van der Waals surface area (Å²) in [7, 11) is -7.20. The van der Waals surface area contributed by atoms with Crippen molar-refractivity contribution in [2.75, 3.05) is 6.26 Å². The summed E-state index contributed by atoms with van der Waals surface area (Å²) in [4.78, 5) is 11.0. The average molecular weight is 349 g/mol. The maximum atomic E-state index is 12.2. The number of rotatable bonds is 7. The lowest BCUT2D eigenvalue weighted by Gasteiger charge is -2.18. The Morgan fingerprint density at radius 1 is 1.14 bits per heavy atom. The van der Waals surface area contributed by atoms with Crippen LogP contribution in [0.4, 0.5) is 0 Å². The quantitative estimate of drug-likeness (QED) is 0.745. The van der Waals surface area contributed by atoms with Gasteiger partial charge in [0.25, 0.3) is 0 Å². The molecule has 1 unspecified atom stereocenters. The van der Waals surface area contributed by atoms with Crippen LogP contribution in [0.2, 0.25) is 0 Å². The smallest absolute Gasteiger partial charge is 0.322 e. The van der Waals surface area contributed by atoms with E-state index in [-0.39, 0.29) is 10.6 Å². The van der Waals surface area contributed by atoms with Crippen LogP contribution in [0.25, 0.3) is 0 Å². The van der Waals surface area contributed by atoms with Crippen molar-refractivity contribution in [3.8, 4) is 0 Å². The number of hydrogen-bond acceptors (Lipinski definition) is 5. The summed E-state index contributed by atoms with van der Waals surface area (Å²) in [6, 6.07) is 4.05. The van der Waals surface area contributed by atoms with E-state index in [0.717, 1.165) is 6.26 Å². The monoisotopic (exact) mass is 349 g/mol. The van der Waals surface area contributed by atoms with Crippen molar-refractivity contribution in [3.63, 3.8) is 0 Å². The fourth-order valence-electron chi connectivity index (χ4n) is 1.77. The SMILES string of the molecule is CC(C)C(NS(=O)(=O)c1ccc(CS(C)(=O)=O)cc1)C(=O)O. The molecule has 1 rings (SSSR count). The number of carbonyl (C=O) groups is 1. The highest BCUT2D eigenvalue weighted by molar-refractivity contribution is 7.90. The summed E-state index contributed by atoms with van der Waals surface area (Å²) in [5, 5.41) is 9.03. The summed E-state index contributed by atoms with van der Waals surface area (Å²) < 4.78 is 48.8. The molecule has 2 N–H and O–H groups in total. The van der Waals surface area contributed by atoms with Crippen molar-refractivity contribution in [1.29, 1.82) is 0 Å². The van der Waals surface area contributed by atoms with E-state index in [4.69, 9.17) is 5.11 Å². The van der Waals surface area contributed by atoms with Gasteiger partial charge < -0.3 is 5.11 Å². The van der Waals surface area contributed by atoms with Gasteiger partial charge in [0.15, 0.2) is 9.84 Å². The second-order valence-corrected chi connectivity index (χ2v) is 9.25. The van der Waals surface area contributed by atoms with Crippen molar-refractivity contribution in [2.24, 2.45) is 5.92 Å². The normalized spacial score (nSPS) is 14.0. The third-order valence-electron chi connectivity index (χ3n) is 2.88. The lowest BCUT2D eigenvalue weighted by atomic mass is 10.1. The standard InChI is InChI=1S/C13H19NO6S2/c1-9(2)12(13(15)16)14-22(19,20)11-6-4-10(5-7-11)8-21(3,17)18/h4-7,9,12,14H,8H2,1-3H3,(H,15,16). The number of aliphatic carboxylic acids is 1. The molecule has 0 fully saturated rings. The maximum absolute atomic E-state index is 12.2. The maximum Gasteiger partial charge on any atom is 0.322 e. The fourth-order valence-corrected chi connectivity index (χ4v) is 3.91. The lowest BCUT2D eigenvalue weighted by molar-refractivity contribution is -0.140. The zero-order chi connectivity index (χ0) is 17.1. The molecule has 0 aliphatic carbocycles. The Morgan fingerprint density at radius 2 is 1.64 bits per heavy atom. The molecule has 0 spiro atoms. The van der Waals surface area contributed by atoms with E-state index in [0.29, 0.717) is 5.56 Å². The Labute approximate surface area is 130 Å². The van der Waals surface area contributed by atoms with E-state index in [1.54, 1.807) is 13.8 Å². The number of nitrogens with one attached hydrogen (secondary N) is 1. The van der Waals surface area contributed by atoms with E-state index < -0.39 is 37.8 Å². The van der Waals surface area contributed by atoms with Crippen LogP contribution < -0.4 is 4.72 Å². The molecule has 0 heterocycles. The minimum Gasteiger partial charge on any atom is -0.480 e. The number of carboxylic acid groups (broad SMARTS) is 1. The van der Waals surface area contributed by atoms with Gasteiger partial charge in [-0.25, -0.2) is 16.8 Å². The van der Waals surface area contributed by atoms with Crippen LogP contribution in [0.15, 0.2) is 29.2 Å². The topological polar surface area (TPSA) is 118 Å². The zero-order valence-corrected chi connectivity index (χ0v) is 14.1. The van der Waals surface area contributed by atoms with Gasteiger partial charge in [-0.15, -0.1) is 0 Å². The van der Waals surface area contributed by atoms with Gasteiger partial charge in [0.2, 0.25) is 10.0 Å². The van der Waals surface area contributed by atoms with Gasteiger partial charge in [-0.05, 0) is 23.6 Å². The molecule has 0 bridgehead atoms. The first-order valence-corrected chi connectivity index (χ1v) is 9.98. The third kappa shape index (κ3) is 5.39. The van der Waals surface area contributed by atoms with Crippen molar-refractivity contribution in [2.45, 2.75) is 30.5 Å². The van der Waals surface area contributed by atoms with E-state index in [9.17, 15) is 21.6 Å². The van der Waals surface area contributed by atoms with Gasteiger partial charge in [-0.2, -0.15) is 4.72 Å². The molecule has 0 amide bonds.